The van der Waals surface area contributed by atoms with E-state index in [9.17, 15) is 4.79 Å². The van der Waals surface area contributed by atoms with Crippen LogP contribution in [0.5, 0.6) is 0 Å². The van der Waals surface area contributed by atoms with Gasteiger partial charge in [0, 0.05) is 0 Å². The highest BCUT2D eigenvalue weighted by molar-refractivity contribution is 5.95. The summed E-state index contributed by atoms with van der Waals surface area (Å²) in [6.45, 7) is 5.59. The van der Waals surface area contributed by atoms with Crippen LogP contribution in [0.4, 0.5) is 0 Å². The van der Waals surface area contributed by atoms with Crippen LogP contribution in [0.3, 0.4) is 0 Å². The zero-order chi connectivity index (χ0) is 12.8. The highest BCUT2D eigenvalue weighted by Crippen LogP contribution is 2.08. The molecule has 0 aliphatic heterocycles. The third kappa shape index (κ3) is 3.49. The quantitative estimate of drug-likeness (QED) is 0.796. The number of hydrogen-bond donors (Lipinski definition) is 2. The second-order valence-electron chi connectivity index (χ2n) is 3.96. The molecule has 0 aliphatic carbocycles. The van der Waals surface area contributed by atoms with Crippen molar-refractivity contribution < 1.29 is 9.90 Å². The van der Waals surface area contributed by atoms with Crippen molar-refractivity contribution in [2.24, 2.45) is 0 Å². The van der Waals surface area contributed by atoms with Gasteiger partial charge in [-0.1, -0.05) is 13.8 Å². The van der Waals surface area contributed by atoms with Crippen LogP contribution in [0.1, 0.15) is 42.0 Å². The second kappa shape index (κ2) is 6.30. The van der Waals surface area contributed by atoms with Gasteiger partial charge in [-0.05, 0) is 25.8 Å². The molecule has 94 valence electrons. The van der Waals surface area contributed by atoms with E-state index in [1.807, 2.05) is 13.8 Å². The van der Waals surface area contributed by atoms with Gasteiger partial charge in [-0.3, -0.25) is 4.79 Å². The Morgan fingerprint density at radius 2 is 2.18 bits per heavy atom. The molecule has 0 saturated heterocycles. The summed E-state index contributed by atoms with van der Waals surface area (Å²) < 4.78 is 0. The standard InChI is InChI=1S/C12H19N3O2/c1-4-9(7-16)13-12(17)10-6-8(3)14-15-11(10)5-2/h6,9,16H,4-5,7H2,1-3H3,(H,13,17)/t9-/m1/s1. The van der Waals surface area contributed by atoms with Gasteiger partial charge >= 0.3 is 0 Å². The van der Waals surface area contributed by atoms with Crippen LogP contribution < -0.4 is 5.32 Å². The van der Waals surface area contributed by atoms with Crippen LogP contribution in [0.25, 0.3) is 0 Å². The zero-order valence-corrected chi connectivity index (χ0v) is 10.5. The number of rotatable bonds is 5. The zero-order valence-electron chi connectivity index (χ0n) is 10.5. The van der Waals surface area contributed by atoms with Crippen molar-refractivity contribution in [2.45, 2.75) is 39.7 Å². The highest BCUT2D eigenvalue weighted by atomic mass is 16.3. The first-order valence-corrected chi connectivity index (χ1v) is 5.87. The molecule has 5 nitrogen and oxygen atoms in total. The maximum absolute atomic E-state index is 12.0. The van der Waals surface area contributed by atoms with Crippen LogP contribution in [0, 0.1) is 6.92 Å². The van der Waals surface area contributed by atoms with E-state index in [2.05, 4.69) is 15.5 Å². The molecule has 1 heterocycles. The summed E-state index contributed by atoms with van der Waals surface area (Å²) in [5.41, 5.74) is 1.94. The fourth-order valence-electron chi connectivity index (χ4n) is 1.51. The third-order valence-corrected chi connectivity index (χ3v) is 2.62. The number of carbonyl (C=O) groups is 1. The lowest BCUT2D eigenvalue weighted by molar-refractivity contribution is 0.0913. The van der Waals surface area contributed by atoms with Gasteiger partial charge in [-0.15, -0.1) is 0 Å². The van der Waals surface area contributed by atoms with E-state index in [0.29, 0.717) is 29.8 Å². The molecule has 0 unspecified atom stereocenters. The molecular weight excluding hydrogens is 218 g/mol. The van der Waals surface area contributed by atoms with Gasteiger partial charge in [0.25, 0.3) is 5.91 Å². The Labute approximate surface area is 101 Å². The van der Waals surface area contributed by atoms with E-state index >= 15 is 0 Å². The molecule has 5 heteroatoms. The minimum Gasteiger partial charge on any atom is -0.394 e. The van der Waals surface area contributed by atoms with Gasteiger partial charge in [0.05, 0.1) is 29.6 Å². The number of amides is 1. The Kier molecular flexibility index (Phi) is 5.03. The summed E-state index contributed by atoms with van der Waals surface area (Å²) in [4.78, 5) is 12.0. The second-order valence-corrected chi connectivity index (χ2v) is 3.96. The van der Waals surface area contributed by atoms with E-state index in [0.717, 1.165) is 0 Å². The molecule has 0 fully saturated rings. The van der Waals surface area contributed by atoms with E-state index in [4.69, 9.17) is 5.11 Å². The molecule has 2 N–H and O–H groups in total. The summed E-state index contributed by atoms with van der Waals surface area (Å²) in [6, 6.07) is 1.52. The van der Waals surface area contributed by atoms with Crippen LogP contribution in [0.15, 0.2) is 6.07 Å². The van der Waals surface area contributed by atoms with Gasteiger partial charge in [0.15, 0.2) is 0 Å². The van der Waals surface area contributed by atoms with Crippen LogP contribution >= 0.6 is 0 Å². The highest BCUT2D eigenvalue weighted by Gasteiger charge is 2.15. The minimum atomic E-state index is -0.208. The molecule has 1 aromatic heterocycles. The summed E-state index contributed by atoms with van der Waals surface area (Å²) in [5.74, 6) is -0.194. The molecule has 17 heavy (non-hydrogen) atoms. The third-order valence-electron chi connectivity index (χ3n) is 2.62. The normalized spacial score (nSPS) is 12.2. The molecule has 0 bridgehead atoms. The molecule has 0 radical (unpaired) electrons. The first kappa shape index (κ1) is 13.6. The predicted molar refractivity (Wildman–Crippen MR) is 64.8 cm³/mol. The van der Waals surface area contributed by atoms with Gasteiger partial charge in [-0.2, -0.15) is 10.2 Å². The topological polar surface area (TPSA) is 75.1 Å². The van der Waals surface area contributed by atoms with Crippen molar-refractivity contribution in [2.75, 3.05) is 6.61 Å². The Hall–Kier alpha value is -1.49. The molecule has 1 atom stereocenters. The SMILES string of the molecule is CCc1nnc(C)cc1C(=O)N[C@H](CC)CO. The number of aryl methyl sites for hydroxylation is 2. The predicted octanol–water partition coefficient (Wildman–Crippen LogP) is 0.848. The number of aliphatic hydroxyl groups excluding tert-OH is 1. The summed E-state index contributed by atoms with van der Waals surface area (Å²) in [6.07, 6.45) is 1.35. The average molecular weight is 237 g/mol. The lowest BCUT2D eigenvalue weighted by atomic mass is 10.1. The number of aromatic nitrogens is 2. The van der Waals surface area contributed by atoms with Gasteiger partial charge < -0.3 is 10.4 Å². The maximum Gasteiger partial charge on any atom is 0.253 e. The number of nitrogens with zero attached hydrogens (tertiary/aromatic N) is 2. The number of aliphatic hydroxyl groups is 1. The van der Waals surface area contributed by atoms with Crippen molar-refractivity contribution in [3.05, 3.63) is 23.0 Å². The molecule has 1 amide bonds. The molecule has 0 saturated carbocycles. The molecule has 1 rings (SSSR count). The monoisotopic (exact) mass is 237 g/mol. The number of nitrogens with one attached hydrogen (secondary N) is 1. The summed E-state index contributed by atoms with van der Waals surface area (Å²) >= 11 is 0. The fourth-order valence-corrected chi connectivity index (χ4v) is 1.51. The van der Waals surface area contributed by atoms with E-state index < -0.39 is 0 Å². The minimum absolute atomic E-state index is 0.0544. The summed E-state index contributed by atoms with van der Waals surface area (Å²) in [5, 5.41) is 19.8. The Balaban J connectivity index is 2.90. The Morgan fingerprint density at radius 1 is 1.47 bits per heavy atom. The van der Waals surface area contributed by atoms with E-state index in [-0.39, 0.29) is 18.6 Å². The van der Waals surface area contributed by atoms with Gasteiger partial charge in [-0.25, -0.2) is 0 Å². The molecular formula is C12H19N3O2. The van der Waals surface area contributed by atoms with E-state index in [1.54, 1.807) is 13.0 Å². The van der Waals surface area contributed by atoms with Crippen molar-refractivity contribution in [1.29, 1.82) is 0 Å². The fraction of sp³-hybridized carbons (Fsp3) is 0.583. The van der Waals surface area contributed by atoms with Crippen LogP contribution in [0.2, 0.25) is 0 Å². The Bertz CT molecular complexity index is 389. The van der Waals surface area contributed by atoms with Crippen LogP contribution in [-0.2, 0) is 6.42 Å². The smallest absolute Gasteiger partial charge is 0.253 e. The lowest BCUT2D eigenvalue weighted by Gasteiger charge is -2.15. The van der Waals surface area contributed by atoms with Gasteiger partial charge in [0.1, 0.15) is 0 Å². The molecule has 1 aromatic rings. The Morgan fingerprint density at radius 3 is 2.71 bits per heavy atom. The molecule has 0 aromatic carbocycles. The molecule has 0 spiro atoms. The van der Waals surface area contributed by atoms with Crippen molar-refractivity contribution in [3.63, 3.8) is 0 Å². The van der Waals surface area contributed by atoms with Crippen molar-refractivity contribution in [3.8, 4) is 0 Å². The average Bonchev–Trinajstić information content (AvgIpc) is 2.35. The lowest BCUT2D eigenvalue weighted by Crippen LogP contribution is -2.37. The molecule has 0 aliphatic rings. The van der Waals surface area contributed by atoms with Crippen molar-refractivity contribution >= 4 is 5.91 Å². The van der Waals surface area contributed by atoms with Gasteiger partial charge in [0.2, 0.25) is 0 Å². The largest absolute Gasteiger partial charge is 0.394 e. The number of hydrogen-bond acceptors (Lipinski definition) is 4. The van der Waals surface area contributed by atoms with E-state index in [1.165, 1.54) is 0 Å². The summed E-state index contributed by atoms with van der Waals surface area (Å²) in [7, 11) is 0. The first-order valence-electron chi connectivity index (χ1n) is 5.87. The maximum atomic E-state index is 12.0. The first-order chi connectivity index (χ1) is 8.12. The number of carbonyl (C=O) groups excluding carboxylic acids is 1. The van der Waals surface area contributed by atoms with Crippen LogP contribution in [-0.4, -0.2) is 33.9 Å². The van der Waals surface area contributed by atoms with Crippen molar-refractivity contribution in [1.82, 2.24) is 15.5 Å².